The largest absolute Gasteiger partial charge is 0.492 e. The van der Waals surface area contributed by atoms with Crippen LogP contribution in [0.4, 0.5) is 5.69 Å². The monoisotopic (exact) mass is 530 g/mol. The van der Waals surface area contributed by atoms with E-state index in [2.05, 4.69) is 42.1 Å². The lowest BCUT2D eigenvalue weighted by atomic mass is 9.76. The van der Waals surface area contributed by atoms with Gasteiger partial charge in [0, 0.05) is 36.4 Å². The first-order valence-corrected chi connectivity index (χ1v) is 13.4. The summed E-state index contributed by atoms with van der Waals surface area (Å²) in [6, 6.07) is 24.2. The van der Waals surface area contributed by atoms with Crippen LogP contribution in [0.5, 0.6) is 5.75 Å². The number of anilines is 1. The molecule has 4 rings (SSSR count). The van der Waals surface area contributed by atoms with Crippen molar-refractivity contribution < 1.29 is 24.2 Å². The van der Waals surface area contributed by atoms with Gasteiger partial charge >= 0.3 is 5.97 Å². The van der Waals surface area contributed by atoms with Crippen molar-refractivity contribution in [3.63, 3.8) is 0 Å². The molecule has 3 aromatic carbocycles. The lowest BCUT2D eigenvalue weighted by Gasteiger charge is -2.40. The lowest BCUT2D eigenvalue weighted by Crippen LogP contribution is -2.39. The Morgan fingerprint density at radius 1 is 1.05 bits per heavy atom. The van der Waals surface area contributed by atoms with E-state index in [0.29, 0.717) is 19.6 Å². The quantitative estimate of drug-likeness (QED) is 0.240. The molecule has 1 N–H and O–H groups in total. The summed E-state index contributed by atoms with van der Waals surface area (Å²) in [6.07, 6.45) is 0.521. The molecule has 3 aromatic rings. The maximum Gasteiger partial charge on any atom is 0.333 e. The number of hydrogen-bond donors (Lipinski definition) is 1. The van der Waals surface area contributed by atoms with E-state index in [-0.39, 0.29) is 5.41 Å². The van der Waals surface area contributed by atoms with E-state index in [4.69, 9.17) is 14.3 Å². The minimum Gasteiger partial charge on any atom is -0.492 e. The van der Waals surface area contributed by atoms with Crippen LogP contribution in [0.25, 0.3) is 0 Å². The summed E-state index contributed by atoms with van der Waals surface area (Å²) in [7, 11) is 1.58. The zero-order valence-corrected chi connectivity index (χ0v) is 23.2. The fourth-order valence-electron chi connectivity index (χ4n) is 4.99. The Morgan fingerprint density at radius 3 is 2.46 bits per heavy atom. The summed E-state index contributed by atoms with van der Waals surface area (Å²) in [5, 5.41) is 13.7. The normalized spacial score (nSPS) is 15.4. The molecule has 0 saturated heterocycles. The molecule has 206 valence electrons. The molecule has 0 saturated carbocycles. The van der Waals surface area contributed by atoms with Gasteiger partial charge in [-0.05, 0) is 54.2 Å². The molecule has 1 heterocycles. The number of carbonyl (C=O) groups is 1. The molecule has 0 radical (unpaired) electrons. The first-order chi connectivity index (χ1) is 18.8. The summed E-state index contributed by atoms with van der Waals surface area (Å²) in [5.74, 6) is -0.185. The predicted octanol–water partition coefficient (Wildman–Crippen LogP) is 5.68. The Bertz CT molecular complexity index is 1270. The fraction of sp³-hybridized carbons (Fsp3) is 0.375. The highest BCUT2D eigenvalue weighted by atomic mass is 16.6. The van der Waals surface area contributed by atoms with Gasteiger partial charge in [-0.3, -0.25) is 0 Å². The fourth-order valence-corrected chi connectivity index (χ4v) is 4.99. The number of ether oxygens (including phenoxy) is 2. The number of carboxylic acids is 1. The summed E-state index contributed by atoms with van der Waals surface area (Å²) in [6.45, 7) is 9.00. The molecule has 0 fully saturated rings. The molecule has 0 aromatic heterocycles. The van der Waals surface area contributed by atoms with Crippen LogP contribution in [-0.4, -0.2) is 56.3 Å². The van der Waals surface area contributed by atoms with Gasteiger partial charge in [0.05, 0.1) is 6.54 Å². The number of carboxylic acid groups (broad SMARTS) is 1. The first-order valence-electron chi connectivity index (χ1n) is 13.4. The molecule has 7 nitrogen and oxygen atoms in total. The third-order valence-electron chi connectivity index (χ3n) is 7.19. The molecule has 0 spiro atoms. The number of aliphatic carboxylic acids is 1. The first kappa shape index (κ1) is 28.2. The highest BCUT2D eigenvalue weighted by molar-refractivity contribution is 6.13. The van der Waals surface area contributed by atoms with Crippen molar-refractivity contribution in [2.75, 3.05) is 38.3 Å². The second kappa shape index (κ2) is 12.8. The Balaban J connectivity index is 1.44. The van der Waals surface area contributed by atoms with E-state index in [1.807, 2.05) is 54.6 Å². The van der Waals surface area contributed by atoms with E-state index in [1.165, 1.54) is 11.3 Å². The molecular formula is C32H38N2O5. The van der Waals surface area contributed by atoms with Gasteiger partial charge in [-0.2, -0.15) is 0 Å². The van der Waals surface area contributed by atoms with Crippen LogP contribution in [0.1, 0.15) is 49.4 Å². The number of rotatable bonds is 12. The molecule has 39 heavy (non-hydrogen) atoms. The lowest BCUT2D eigenvalue weighted by molar-refractivity contribution is -0.149. The molecule has 1 aliphatic heterocycles. The Kier molecular flexibility index (Phi) is 9.25. The van der Waals surface area contributed by atoms with E-state index in [9.17, 15) is 9.90 Å². The number of oxime groups is 1. The maximum absolute atomic E-state index is 11.4. The summed E-state index contributed by atoms with van der Waals surface area (Å²) in [5.41, 5.74) is 6.30. The minimum atomic E-state index is -0.948. The Hall–Kier alpha value is -3.84. The Morgan fingerprint density at radius 2 is 1.79 bits per heavy atom. The van der Waals surface area contributed by atoms with Crippen LogP contribution in [0.3, 0.4) is 0 Å². The summed E-state index contributed by atoms with van der Waals surface area (Å²) in [4.78, 5) is 18.9. The van der Waals surface area contributed by atoms with Crippen molar-refractivity contribution in [3.8, 4) is 5.75 Å². The summed E-state index contributed by atoms with van der Waals surface area (Å²) >= 11 is 0. The van der Waals surface area contributed by atoms with Gasteiger partial charge in [-0.15, -0.1) is 0 Å². The molecule has 1 aliphatic rings. The van der Waals surface area contributed by atoms with Crippen LogP contribution < -0.4 is 9.64 Å². The Labute approximate surface area is 231 Å². The van der Waals surface area contributed by atoms with E-state index >= 15 is 0 Å². The highest BCUT2D eigenvalue weighted by Gasteiger charge is 2.32. The zero-order chi connectivity index (χ0) is 27.8. The van der Waals surface area contributed by atoms with E-state index in [1.54, 1.807) is 14.0 Å². The molecular weight excluding hydrogens is 492 g/mol. The van der Waals surface area contributed by atoms with E-state index < -0.39 is 12.1 Å². The van der Waals surface area contributed by atoms with Gasteiger partial charge in [0.1, 0.15) is 25.2 Å². The number of hydrogen-bond acceptors (Lipinski definition) is 6. The molecule has 0 bridgehead atoms. The van der Waals surface area contributed by atoms with Gasteiger partial charge in [0.15, 0.2) is 6.10 Å². The molecule has 0 amide bonds. The van der Waals surface area contributed by atoms with Crippen LogP contribution in [0.2, 0.25) is 0 Å². The van der Waals surface area contributed by atoms with Gasteiger partial charge in [-0.1, -0.05) is 67.5 Å². The maximum atomic E-state index is 11.4. The SMILES string of the molecule is CCOC(Cc1ccc(OCCN2CCC(C)(C)c3cc(/C(=N\OC)c4ccccc4)ccc32)cc1)C(=O)O. The van der Waals surface area contributed by atoms with Crippen molar-refractivity contribution in [1.29, 1.82) is 0 Å². The second-order valence-electron chi connectivity index (χ2n) is 10.3. The number of benzene rings is 3. The third kappa shape index (κ3) is 6.98. The van der Waals surface area contributed by atoms with Crippen LogP contribution in [-0.2, 0) is 26.2 Å². The van der Waals surface area contributed by atoms with Gasteiger partial charge < -0.3 is 24.3 Å². The summed E-state index contributed by atoms with van der Waals surface area (Å²) < 4.78 is 11.4. The van der Waals surface area contributed by atoms with Crippen molar-refractivity contribution in [1.82, 2.24) is 0 Å². The number of fused-ring (bicyclic) bond motifs is 1. The van der Waals surface area contributed by atoms with Gasteiger partial charge in [-0.25, -0.2) is 4.79 Å². The van der Waals surface area contributed by atoms with Gasteiger partial charge in [0.25, 0.3) is 0 Å². The highest BCUT2D eigenvalue weighted by Crippen LogP contribution is 2.40. The molecule has 1 atom stereocenters. The minimum absolute atomic E-state index is 0.0305. The molecule has 1 unspecified atom stereocenters. The van der Waals surface area contributed by atoms with Crippen molar-refractivity contribution in [3.05, 3.63) is 95.1 Å². The second-order valence-corrected chi connectivity index (χ2v) is 10.3. The van der Waals surface area contributed by atoms with Gasteiger partial charge in [0.2, 0.25) is 0 Å². The molecule has 7 heteroatoms. The zero-order valence-electron chi connectivity index (χ0n) is 23.2. The third-order valence-corrected chi connectivity index (χ3v) is 7.19. The van der Waals surface area contributed by atoms with Crippen LogP contribution in [0, 0.1) is 0 Å². The predicted molar refractivity (Wildman–Crippen MR) is 154 cm³/mol. The van der Waals surface area contributed by atoms with E-state index in [0.717, 1.165) is 47.7 Å². The van der Waals surface area contributed by atoms with Crippen molar-refractivity contribution in [2.24, 2.45) is 5.16 Å². The molecule has 0 aliphatic carbocycles. The average molecular weight is 531 g/mol. The van der Waals surface area contributed by atoms with Crippen molar-refractivity contribution in [2.45, 2.75) is 45.1 Å². The van der Waals surface area contributed by atoms with Crippen LogP contribution in [0.15, 0.2) is 78.0 Å². The smallest absolute Gasteiger partial charge is 0.333 e. The van der Waals surface area contributed by atoms with Crippen LogP contribution >= 0.6 is 0 Å². The number of nitrogens with zero attached hydrogens (tertiary/aromatic N) is 2. The van der Waals surface area contributed by atoms with Crippen molar-refractivity contribution >= 4 is 17.4 Å². The average Bonchev–Trinajstić information content (AvgIpc) is 2.94. The topological polar surface area (TPSA) is 80.6 Å². The standard InChI is InChI=1S/C32H38N2O5/c1-5-38-29(31(35)36)21-23-11-14-26(15-12-23)39-20-19-34-18-17-32(2,3)27-22-25(13-16-28(27)34)30(33-37-4)24-9-7-6-8-10-24/h6-16,22,29H,5,17-21H2,1-4H3,(H,35,36)/b33-30-.